The molecule has 2 unspecified atom stereocenters. The second-order valence-electron chi connectivity index (χ2n) is 7.19. The van der Waals surface area contributed by atoms with Gasteiger partial charge in [0.15, 0.2) is 0 Å². The highest BCUT2D eigenvalue weighted by Crippen LogP contribution is 2.14. The van der Waals surface area contributed by atoms with Crippen LogP contribution in [-0.2, 0) is 23.1 Å². The highest BCUT2D eigenvalue weighted by Gasteiger charge is 2.28. The maximum atomic E-state index is 11.9. The molecule has 1 N–H and O–H groups in total. The number of rotatable bonds is 4. The zero-order chi connectivity index (χ0) is 17.0. The highest BCUT2D eigenvalue weighted by atomic mass is 16.6. The summed E-state index contributed by atoms with van der Waals surface area (Å²) in [5.74, 6) is 0. The number of aryl methyl sites for hydroxylation is 1. The van der Waals surface area contributed by atoms with Crippen LogP contribution in [0.4, 0.5) is 4.79 Å². The first-order valence-electron chi connectivity index (χ1n) is 8.18. The van der Waals surface area contributed by atoms with Crippen LogP contribution < -0.4 is 5.32 Å². The lowest BCUT2D eigenvalue weighted by atomic mass is 10.1. The van der Waals surface area contributed by atoms with E-state index in [1.54, 1.807) is 0 Å². The molecule has 2 heterocycles. The fourth-order valence-electron chi connectivity index (χ4n) is 2.65. The van der Waals surface area contributed by atoms with E-state index in [1.807, 2.05) is 27.7 Å². The molecule has 0 saturated carbocycles. The van der Waals surface area contributed by atoms with Crippen LogP contribution in [-0.4, -0.2) is 53.0 Å². The molecule has 2 rings (SSSR count). The monoisotopic (exact) mass is 323 g/mol. The van der Waals surface area contributed by atoms with Gasteiger partial charge < -0.3 is 19.4 Å². The van der Waals surface area contributed by atoms with Crippen LogP contribution in [0.3, 0.4) is 0 Å². The summed E-state index contributed by atoms with van der Waals surface area (Å²) in [6, 6.07) is 4.09. The second-order valence-corrected chi connectivity index (χ2v) is 7.19. The van der Waals surface area contributed by atoms with E-state index in [4.69, 9.17) is 9.47 Å². The van der Waals surface area contributed by atoms with E-state index in [0.29, 0.717) is 6.61 Å². The van der Waals surface area contributed by atoms with E-state index in [1.165, 1.54) is 5.69 Å². The number of hydrogen-bond acceptors (Lipinski definition) is 4. The number of carbonyl (C=O) groups is 1. The van der Waals surface area contributed by atoms with E-state index >= 15 is 0 Å². The summed E-state index contributed by atoms with van der Waals surface area (Å²) < 4.78 is 13.3. The van der Waals surface area contributed by atoms with Crippen molar-refractivity contribution >= 4 is 6.09 Å². The Hall–Kier alpha value is -1.53. The maximum absolute atomic E-state index is 11.9. The third-order valence-electron chi connectivity index (χ3n) is 3.92. The summed E-state index contributed by atoms with van der Waals surface area (Å²) in [7, 11) is 2.06. The summed E-state index contributed by atoms with van der Waals surface area (Å²) in [5, 5.41) is 2.88. The van der Waals surface area contributed by atoms with Gasteiger partial charge in [-0.3, -0.25) is 4.90 Å². The molecule has 0 radical (unpaired) electrons. The molecule has 1 aliphatic heterocycles. The number of morpholine rings is 1. The van der Waals surface area contributed by atoms with E-state index in [-0.39, 0.29) is 12.1 Å². The van der Waals surface area contributed by atoms with E-state index in [9.17, 15) is 4.79 Å². The van der Waals surface area contributed by atoms with Gasteiger partial charge in [-0.05, 0) is 39.8 Å². The molecule has 0 aliphatic carbocycles. The van der Waals surface area contributed by atoms with Crippen LogP contribution >= 0.6 is 0 Å². The predicted molar refractivity (Wildman–Crippen MR) is 89.3 cm³/mol. The fourth-order valence-corrected chi connectivity index (χ4v) is 2.65. The van der Waals surface area contributed by atoms with Crippen LogP contribution in [0, 0.1) is 0 Å². The highest BCUT2D eigenvalue weighted by molar-refractivity contribution is 5.68. The van der Waals surface area contributed by atoms with Crippen LogP contribution in [0.15, 0.2) is 18.3 Å². The molecule has 1 fully saturated rings. The zero-order valence-electron chi connectivity index (χ0n) is 14.8. The van der Waals surface area contributed by atoms with Gasteiger partial charge >= 0.3 is 6.09 Å². The van der Waals surface area contributed by atoms with Crippen molar-refractivity contribution in [3.63, 3.8) is 0 Å². The van der Waals surface area contributed by atoms with E-state index < -0.39 is 11.7 Å². The molecule has 6 heteroatoms. The van der Waals surface area contributed by atoms with Crippen LogP contribution in [0.1, 0.15) is 33.4 Å². The van der Waals surface area contributed by atoms with Crippen LogP contribution in [0.5, 0.6) is 0 Å². The Morgan fingerprint density at radius 2 is 2.26 bits per heavy atom. The fraction of sp³-hybridized carbons (Fsp3) is 0.706. The zero-order valence-corrected chi connectivity index (χ0v) is 14.8. The Balaban J connectivity index is 1.85. The molecule has 0 bridgehead atoms. The minimum Gasteiger partial charge on any atom is -0.444 e. The molecule has 6 nitrogen and oxygen atoms in total. The lowest BCUT2D eigenvalue weighted by Gasteiger charge is -2.36. The molecule has 1 aromatic rings. The molecule has 1 aliphatic rings. The number of nitrogens with zero attached hydrogens (tertiary/aromatic N) is 2. The number of ether oxygens (including phenoxy) is 2. The third-order valence-corrected chi connectivity index (χ3v) is 3.92. The third kappa shape index (κ3) is 5.55. The van der Waals surface area contributed by atoms with Gasteiger partial charge in [0, 0.05) is 38.6 Å². The number of carbonyl (C=O) groups excluding carboxylic acids is 1. The smallest absolute Gasteiger partial charge is 0.407 e. The Morgan fingerprint density at radius 3 is 2.87 bits per heavy atom. The van der Waals surface area contributed by atoms with Crippen molar-refractivity contribution in [3.8, 4) is 0 Å². The number of amides is 1. The van der Waals surface area contributed by atoms with Crippen molar-refractivity contribution < 1.29 is 14.3 Å². The molecule has 0 aromatic carbocycles. The van der Waals surface area contributed by atoms with Crippen LogP contribution in [0.25, 0.3) is 0 Å². The van der Waals surface area contributed by atoms with E-state index in [0.717, 1.165) is 19.6 Å². The van der Waals surface area contributed by atoms with Gasteiger partial charge in [0.2, 0.25) is 0 Å². The topological polar surface area (TPSA) is 55.7 Å². The molecule has 23 heavy (non-hydrogen) atoms. The van der Waals surface area contributed by atoms with Crippen molar-refractivity contribution in [2.75, 3.05) is 19.7 Å². The number of aromatic nitrogens is 1. The molecular formula is C17H29N3O3. The quantitative estimate of drug-likeness (QED) is 0.922. The predicted octanol–water partition coefficient (Wildman–Crippen LogP) is 2.14. The Kier molecular flexibility index (Phi) is 5.70. The van der Waals surface area contributed by atoms with Crippen LogP contribution in [0.2, 0.25) is 0 Å². The summed E-state index contributed by atoms with van der Waals surface area (Å²) >= 11 is 0. The first-order valence-corrected chi connectivity index (χ1v) is 8.18. The van der Waals surface area contributed by atoms with Gasteiger partial charge in [-0.15, -0.1) is 0 Å². The SMILES string of the molecule is CC(NC(=O)OC(C)(C)C)C1CN(Cc2cccn2C)CCO1. The average Bonchev–Trinajstić information content (AvgIpc) is 2.82. The first-order chi connectivity index (χ1) is 10.7. The van der Waals surface area contributed by atoms with Crippen molar-refractivity contribution in [3.05, 3.63) is 24.0 Å². The molecule has 130 valence electrons. The summed E-state index contributed by atoms with van der Waals surface area (Å²) in [6.07, 6.45) is 1.63. The minimum atomic E-state index is -0.490. The van der Waals surface area contributed by atoms with Crippen molar-refractivity contribution in [1.82, 2.24) is 14.8 Å². The average molecular weight is 323 g/mol. The lowest BCUT2D eigenvalue weighted by molar-refractivity contribution is -0.0478. The number of nitrogens with one attached hydrogen (secondary N) is 1. The van der Waals surface area contributed by atoms with Gasteiger partial charge in [-0.2, -0.15) is 0 Å². The summed E-state index contributed by atoms with van der Waals surface area (Å²) in [6.45, 7) is 10.8. The van der Waals surface area contributed by atoms with Gasteiger partial charge in [-0.25, -0.2) is 4.79 Å². The first kappa shape index (κ1) is 17.8. The van der Waals surface area contributed by atoms with Gasteiger partial charge in [0.25, 0.3) is 0 Å². The lowest BCUT2D eigenvalue weighted by Crippen LogP contribution is -2.52. The number of alkyl carbamates (subject to hydrolysis) is 1. The van der Waals surface area contributed by atoms with Gasteiger partial charge in [0.1, 0.15) is 5.60 Å². The van der Waals surface area contributed by atoms with Gasteiger partial charge in [-0.1, -0.05) is 0 Å². The summed E-state index contributed by atoms with van der Waals surface area (Å²) in [5.41, 5.74) is 0.786. The second kappa shape index (κ2) is 7.36. The molecule has 1 saturated heterocycles. The minimum absolute atomic E-state index is 0.0310. The van der Waals surface area contributed by atoms with Crippen molar-refractivity contribution in [2.45, 2.75) is 52.0 Å². The summed E-state index contributed by atoms with van der Waals surface area (Å²) in [4.78, 5) is 14.2. The maximum Gasteiger partial charge on any atom is 0.407 e. The van der Waals surface area contributed by atoms with E-state index in [2.05, 4.69) is 40.2 Å². The molecular weight excluding hydrogens is 294 g/mol. The normalized spacial score (nSPS) is 21.0. The largest absolute Gasteiger partial charge is 0.444 e. The molecule has 1 amide bonds. The van der Waals surface area contributed by atoms with Crippen molar-refractivity contribution in [2.24, 2.45) is 7.05 Å². The van der Waals surface area contributed by atoms with Gasteiger partial charge in [0.05, 0.1) is 18.8 Å². The molecule has 1 aromatic heterocycles. The Morgan fingerprint density at radius 1 is 1.52 bits per heavy atom. The number of hydrogen-bond donors (Lipinski definition) is 1. The molecule has 2 atom stereocenters. The Bertz CT molecular complexity index is 521. The Labute approximate surface area is 138 Å². The standard InChI is InChI=1S/C17H29N3O3/c1-13(18-16(21)23-17(2,3)4)15-12-20(9-10-22-15)11-14-7-6-8-19(14)5/h6-8,13,15H,9-12H2,1-5H3,(H,18,21). The molecule has 0 spiro atoms. The van der Waals surface area contributed by atoms with Crippen molar-refractivity contribution in [1.29, 1.82) is 0 Å².